The monoisotopic (exact) mass is 224 g/mol. The summed E-state index contributed by atoms with van der Waals surface area (Å²) in [5.41, 5.74) is -0.0527. The molecule has 3 nitrogen and oxygen atoms in total. The van der Waals surface area contributed by atoms with Crippen LogP contribution in [-0.4, -0.2) is 30.1 Å². The summed E-state index contributed by atoms with van der Waals surface area (Å²) in [5.74, 6) is 2.20. The van der Waals surface area contributed by atoms with Gasteiger partial charge in [0.2, 0.25) is 5.91 Å². The van der Waals surface area contributed by atoms with Crippen molar-refractivity contribution in [3.8, 4) is 0 Å². The van der Waals surface area contributed by atoms with Gasteiger partial charge in [-0.1, -0.05) is 27.2 Å². The second kappa shape index (κ2) is 4.02. The van der Waals surface area contributed by atoms with Crippen molar-refractivity contribution in [2.45, 2.75) is 45.7 Å². The van der Waals surface area contributed by atoms with E-state index in [4.69, 9.17) is 0 Å². The Balaban J connectivity index is 2.29. The second-order valence-electron chi connectivity index (χ2n) is 5.97. The highest BCUT2D eigenvalue weighted by atomic mass is 16.2. The number of nitrogens with zero attached hydrogens (tertiary/aromatic N) is 1. The van der Waals surface area contributed by atoms with Crippen LogP contribution < -0.4 is 5.32 Å². The molecule has 2 aliphatic rings. The summed E-state index contributed by atoms with van der Waals surface area (Å²) < 4.78 is 0. The normalized spacial score (nSPS) is 40.1. The van der Waals surface area contributed by atoms with Crippen LogP contribution in [0.15, 0.2) is 0 Å². The summed E-state index contributed by atoms with van der Waals surface area (Å²) in [6.45, 7) is 7.38. The lowest BCUT2D eigenvalue weighted by Gasteiger charge is -2.49. The lowest BCUT2D eigenvalue weighted by atomic mass is 9.69. The molecule has 1 saturated carbocycles. The predicted octanol–water partition coefficient (Wildman–Crippen LogP) is 1.84. The molecule has 1 aliphatic heterocycles. The smallest absolute Gasteiger partial charge is 0.237 e. The molecule has 2 rings (SSSR count). The van der Waals surface area contributed by atoms with Gasteiger partial charge >= 0.3 is 0 Å². The number of likely N-dealkylation sites (N-methyl/N-ethyl adjacent to an activating group) is 1. The minimum atomic E-state index is -0.0527. The van der Waals surface area contributed by atoms with Crippen molar-refractivity contribution in [1.29, 1.82) is 0 Å². The van der Waals surface area contributed by atoms with Gasteiger partial charge in [0, 0.05) is 7.05 Å². The lowest BCUT2D eigenvalue weighted by Crippen LogP contribution is -2.60. The molecule has 0 aromatic rings. The molecule has 1 N–H and O–H groups in total. The average Bonchev–Trinajstić information content (AvgIpc) is 2.47. The minimum absolute atomic E-state index is 0.0527. The van der Waals surface area contributed by atoms with Gasteiger partial charge in [0.1, 0.15) is 0 Å². The fourth-order valence-corrected chi connectivity index (χ4v) is 3.65. The van der Waals surface area contributed by atoms with Gasteiger partial charge in [0.25, 0.3) is 0 Å². The quantitative estimate of drug-likeness (QED) is 0.737. The number of amides is 1. The molecule has 0 aromatic heterocycles. The first-order valence-corrected chi connectivity index (χ1v) is 6.49. The molecular weight excluding hydrogens is 200 g/mol. The van der Waals surface area contributed by atoms with Crippen molar-refractivity contribution in [1.82, 2.24) is 10.2 Å². The Morgan fingerprint density at radius 2 is 2.12 bits per heavy atom. The molecule has 0 bridgehead atoms. The number of nitrogens with one attached hydrogen (secondary N) is 1. The van der Waals surface area contributed by atoms with Crippen LogP contribution in [-0.2, 0) is 4.79 Å². The number of hydrogen-bond donors (Lipinski definition) is 1. The lowest BCUT2D eigenvalue weighted by molar-refractivity contribution is -0.132. The van der Waals surface area contributed by atoms with Gasteiger partial charge in [-0.05, 0) is 30.6 Å². The van der Waals surface area contributed by atoms with E-state index in [0.717, 1.165) is 12.3 Å². The summed E-state index contributed by atoms with van der Waals surface area (Å²) in [7, 11) is 1.97. The molecular formula is C13H24N2O. The van der Waals surface area contributed by atoms with E-state index in [1.54, 1.807) is 0 Å². The van der Waals surface area contributed by atoms with E-state index in [1.165, 1.54) is 12.8 Å². The molecule has 16 heavy (non-hydrogen) atoms. The topological polar surface area (TPSA) is 32.3 Å². The van der Waals surface area contributed by atoms with E-state index in [0.29, 0.717) is 18.4 Å². The fourth-order valence-electron chi connectivity index (χ4n) is 3.65. The molecule has 1 amide bonds. The van der Waals surface area contributed by atoms with Gasteiger partial charge in [0.15, 0.2) is 0 Å². The fraction of sp³-hybridized carbons (Fsp3) is 0.923. The van der Waals surface area contributed by atoms with Gasteiger partial charge in [-0.3, -0.25) is 10.1 Å². The average molecular weight is 224 g/mol. The SMILES string of the molecule is CC(C)[C@@H]1CC[C@@H](C)C[C@]12NCC(=O)N2C. The summed E-state index contributed by atoms with van der Waals surface area (Å²) in [5, 5.41) is 3.51. The van der Waals surface area contributed by atoms with Crippen molar-refractivity contribution in [3.05, 3.63) is 0 Å². The third-order valence-electron chi connectivity index (χ3n) is 4.57. The summed E-state index contributed by atoms with van der Waals surface area (Å²) >= 11 is 0. The highest BCUT2D eigenvalue weighted by Gasteiger charge is 2.51. The van der Waals surface area contributed by atoms with E-state index >= 15 is 0 Å². The first-order chi connectivity index (χ1) is 7.47. The highest BCUT2D eigenvalue weighted by molar-refractivity contribution is 5.81. The Hall–Kier alpha value is -0.570. The maximum atomic E-state index is 11.8. The second-order valence-corrected chi connectivity index (χ2v) is 5.97. The first-order valence-electron chi connectivity index (χ1n) is 6.49. The molecule has 0 aromatic carbocycles. The Kier molecular flexibility index (Phi) is 2.99. The third kappa shape index (κ3) is 1.65. The van der Waals surface area contributed by atoms with E-state index in [9.17, 15) is 4.79 Å². The molecule has 0 radical (unpaired) electrons. The van der Waals surface area contributed by atoms with Gasteiger partial charge in [-0.15, -0.1) is 0 Å². The van der Waals surface area contributed by atoms with Gasteiger partial charge in [0.05, 0.1) is 12.2 Å². The molecule has 2 fully saturated rings. The van der Waals surface area contributed by atoms with E-state index in [2.05, 4.69) is 26.1 Å². The van der Waals surface area contributed by atoms with Crippen molar-refractivity contribution < 1.29 is 4.79 Å². The minimum Gasteiger partial charge on any atom is -0.326 e. The van der Waals surface area contributed by atoms with Crippen LogP contribution in [0.1, 0.15) is 40.0 Å². The zero-order valence-corrected chi connectivity index (χ0v) is 10.9. The largest absolute Gasteiger partial charge is 0.326 e. The third-order valence-corrected chi connectivity index (χ3v) is 4.57. The Morgan fingerprint density at radius 1 is 1.44 bits per heavy atom. The maximum absolute atomic E-state index is 11.8. The van der Waals surface area contributed by atoms with Crippen molar-refractivity contribution in [3.63, 3.8) is 0 Å². The molecule has 3 heteroatoms. The van der Waals surface area contributed by atoms with Crippen LogP contribution in [0.4, 0.5) is 0 Å². The van der Waals surface area contributed by atoms with Crippen molar-refractivity contribution >= 4 is 5.91 Å². The summed E-state index contributed by atoms with van der Waals surface area (Å²) in [6.07, 6.45) is 3.65. The Morgan fingerprint density at radius 3 is 2.62 bits per heavy atom. The number of hydrogen-bond acceptors (Lipinski definition) is 2. The van der Waals surface area contributed by atoms with Gasteiger partial charge in [-0.2, -0.15) is 0 Å². The number of rotatable bonds is 1. The van der Waals surface area contributed by atoms with Crippen LogP contribution in [0.2, 0.25) is 0 Å². The number of carbonyl (C=O) groups excluding carboxylic acids is 1. The summed E-state index contributed by atoms with van der Waals surface area (Å²) in [6, 6.07) is 0. The maximum Gasteiger partial charge on any atom is 0.237 e. The van der Waals surface area contributed by atoms with Crippen LogP contribution >= 0.6 is 0 Å². The van der Waals surface area contributed by atoms with Crippen LogP contribution in [0.3, 0.4) is 0 Å². The van der Waals surface area contributed by atoms with Gasteiger partial charge in [-0.25, -0.2) is 0 Å². The Bertz CT molecular complexity index is 290. The number of carbonyl (C=O) groups is 1. The first kappa shape index (κ1) is 11.9. The molecule has 92 valence electrons. The zero-order chi connectivity index (χ0) is 11.9. The molecule has 1 saturated heterocycles. The molecule has 0 unspecified atom stereocenters. The Labute approximate surface area is 98.6 Å². The predicted molar refractivity (Wildman–Crippen MR) is 64.8 cm³/mol. The molecule has 3 atom stereocenters. The summed E-state index contributed by atoms with van der Waals surface area (Å²) in [4.78, 5) is 13.8. The van der Waals surface area contributed by atoms with Crippen molar-refractivity contribution in [2.24, 2.45) is 17.8 Å². The van der Waals surface area contributed by atoms with E-state index < -0.39 is 0 Å². The van der Waals surface area contributed by atoms with E-state index in [1.807, 2.05) is 11.9 Å². The highest BCUT2D eigenvalue weighted by Crippen LogP contribution is 2.44. The zero-order valence-electron chi connectivity index (χ0n) is 10.9. The van der Waals surface area contributed by atoms with Gasteiger partial charge < -0.3 is 4.90 Å². The molecule has 1 aliphatic carbocycles. The van der Waals surface area contributed by atoms with E-state index in [-0.39, 0.29) is 11.6 Å². The van der Waals surface area contributed by atoms with Crippen molar-refractivity contribution in [2.75, 3.05) is 13.6 Å². The van der Waals surface area contributed by atoms with Crippen LogP contribution in [0.5, 0.6) is 0 Å². The van der Waals surface area contributed by atoms with Crippen LogP contribution in [0, 0.1) is 17.8 Å². The molecule has 1 heterocycles. The standard InChI is InChI=1S/C13H24N2O/c1-9(2)11-6-5-10(3)7-13(11)14-8-12(16)15(13)4/h9-11,14H,5-8H2,1-4H3/t10-,11+,13-/m1/s1. The molecule has 1 spiro atoms. The van der Waals surface area contributed by atoms with Crippen LogP contribution in [0.25, 0.3) is 0 Å².